The SMILES string of the molecule is CCCCCCCCCCCCCCCCCC.CCCCCCCCCCCCCCCCCCc1ccc[nH]c1=O. The van der Waals surface area contributed by atoms with Crippen molar-refractivity contribution in [3.05, 3.63) is 34.2 Å². The normalized spacial score (nSPS) is 11.0. The predicted octanol–water partition coefficient (Wildman–Crippen LogP) is 14.4. The minimum atomic E-state index is 0.0865. The standard InChI is InChI=1S/C23H41NO.C18H38/c1-2-3-4-5-6-7-8-9-10-11-12-13-14-15-16-17-19-22-20-18-21-24-23(22)25;1-3-5-7-9-11-13-15-17-18-16-14-12-10-8-6-4-2/h18,20-21H,2-17,19H2,1H3,(H,24,25);3-18H2,1-2H3. The Kier molecular flexibility index (Phi) is 36.2. The number of hydrogen-bond acceptors (Lipinski definition) is 1. The van der Waals surface area contributed by atoms with Crippen LogP contribution in [-0.2, 0) is 6.42 Å². The molecule has 1 aromatic heterocycles. The van der Waals surface area contributed by atoms with Crippen molar-refractivity contribution in [2.45, 2.75) is 233 Å². The molecule has 0 unspecified atom stereocenters. The largest absolute Gasteiger partial charge is 0.329 e. The molecule has 0 fully saturated rings. The second-order valence-corrected chi connectivity index (χ2v) is 13.5. The van der Waals surface area contributed by atoms with E-state index in [1.54, 1.807) is 6.20 Å². The summed E-state index contributed by atoms with van der Waals surface area (Å²) < 4.78 is 0. The van der Waals surface area contributed by atoms with Gasteiger partial charge in [-0.1, -0.05) is 226 Å². The fourth-order valence-electron chi connectivity index (χ4n) is 6.14. The molecule has 1 rings (SSSR count). The van der Waals surface area contributed by atoms with Gasteiger partial charge in [0.15, 0.2) is 0 Å². The number of aromatic nitrogens is 1. The highest BCUT2D eigenvalue weighted by Crippen LogP contribution is 2.15. The van der Waals surface area contributed by atoms with E-state index >= 15 is 0 Å². The van der Waals surface area contributed by atoms with E-state index < -0.39 is 0 Å². The fourth-order valence-corrected chi connectivity index (χ4v) is 6.14. The number of H-pyrrole nitrogens is 1. The molecule has 0 aliphatic rings. The third-order valence-electron chi connectivity index (χ3n) is 9.16. The molecule has 1 heterocycles. The third-order valence-corrected chi connectivity index (χ3v) is 9.16. The lowest BCUT2D eigenvalue weighted by atomic mass is 10.0. The van der Waals surface area contributed by atoms with Crippen molar-refractivity contribution in [2.75, 3.05) is 0 Å². The highest BCUT2D eigenvalue weighted by atomic mass is 16.1. The van der Waals surface area contributed by atoms with Crippen LogP contribution in [0.25, 0.3) is 0 Å². The number of pyridine rings is 1. The van der Waals surface area contributed by atoms with Crippen LogP contribution >= 0.6 is 0 Å². The molecule has 254 valence electrons. The lowest BCUT2D eigenvalue weighted by Gasteiger charge is -2.03. The number of aromatic amines is 1. The zero-order valence-corrected chi connectivity index (χ0v) is 30.0. The number of nitrogens with one attached hydrogen (secondary N) is 1. The molecular weight excluding hydrogens is 522 g/mol. The van der Waals surface area contributed by atoms with E-state index in [2.05, 4.69) is 25.8 Å². The Morgan fingerprint density at radius 1 is 0.395 bits per heavy atom. The molecule has 0 radical (unpaired) electrons. The van der Waals surface area contributed by atoms with Crippen molar-refractivity contribution in [3.63, 3.8) is 0 Å². The maximum Gasteiger partial charge on any atom is 0.251 e. The van der Waals surface area contributed by atoms with Crippen molar-refractivity contribution >= 4 is 0 Å². The second kappa shape index (κ2) is 37.1. The molecule has 2 nitrogen and oxygen atoms in total. The maximum atomic E-state index is 11.6. The second-order valence-electron chi connectivity index (χ2n) is 13.5. The van der Waals surface area contributed by atoms with E-state index in [1.165, 1.54) is 199 Å². The minimum Gasteiger partial charge on any atom is -0.329 e. The predicted molar refractivity (Wildman–Crippen MR) is 196 cm³/mol. The fraction of sp³-hybridized carbons (Fsp3) is 0.878. The van der Waals surface area contributed by atoms with E-state index in [0.717, 1.165) is 18.4 Å². The Morgan fingerprint density at radius 3 is 0.907 bits per heavy atom. The third kappa shape index (κ3) is 33.7. The average molecular weight is 602 g/mol. The highest BCUT2D eigenvalue weighted by Gasteiger charge is 1.99. The summed E-state index contributed by atoms with van der Waals surface area (Å²) in [5, 5.41) is 0. The average Bonchev–Trinajstić information content (AvgIpc) is 3.02. The first-order valence-corrected chi connectivity index (χ1v) is 19.9. The summed E-state index contributed by atoms with van der Waals surface area (Å²) in [6.45, 7) is 6.87. The molecule has 0 aliphatic heterocycles. The molecule has 0 saturated carbocycles. The molecule has 0 spiro atoms. The van der Waals surface area contributed by atoms with Gasteiger partial charge in [-0.25, -0.2) is 0 Å². The van der Waals surface area contributed by atoms with Crippen LogP contribution in [0, 0.1) is 0 Å². The molecule has 1 aromatic rings. The topological polar surface area (TPSA) is 32.9 Å². The van der Waals surface area contributed by atoms with Crippen molar-refractivity contribution in [1.82, 2.24) is 4.98 Å². The highest BCUT2D eigenvalue weighted by molar-refractivity contribution is 5.08. The summed E-state index contributed by atoms with van der Waals surface area (Å²) in [6.07, 6.45) is 48.3. The Bertz CT molecular complexity index is 664. The van der Waals surface area contributed by atoms with Gasteiger partial charge in [-0.05, 0) is 18.9 Å². The lowest BCUT2D eigenvalue weighted by Crippen LogP contribution is -2.10. The van der Waals surface area contributed by atoms with Crippen LogP contribution in [0.3, 0.4) is 0 Å². The van der Waals surface area contributed by atoms with Gasteiger partial charge in [-0.2, -0.15) is 0 Å². The van der Waals surface area contributed by atoms with Crippen LogP contribution in [0.2, 0.25) is 0 Å². The van der Waals surface area contributed by atoms with Crippen LogP contribution in [0.1, 0.15) is 232 Å². The van der Waals surface area contributed by atoms with Gasteiger partial charge >= 0.3 is 0 Å². The van der Waals surface area contributed by atoms with E-state index in [9.17, 15) is 4.79 Å². The zero-order valence-electron chi connectivity index (χ0n) is 30.0. The van der Waals surface area contributed by atoms with Crippen molar-refractivity contribution in [2.24, 2.45) is 0 Å². The molecule has 43 heavy (non-hydrogen) atoms. The van der Waals surface area contributed by atoms with Crippen LogP contribution in [0.4, 0.5) is 0 Å². The number of rotatable bonds is 32. The summed E-state index contributed by atoms with van der Waals surface area (Å²) >= 11 is 0. The van der Waals surface area contributed by atoms with E-state index in [0.29, 0.717) is 0 Å². The Morgan fingerprint density at radius 2 is 0.651 bits per heavy atom. The summed E-state index contributed by atoms with van der Waals surface area (Å²) in [6, 6.07) is 3.87. The number of aryl methyl sites for hydroxylation is 1. The number of hydrogen-bond donors (Lipinski definition) is 1. The van der Waals surface area contributed by atoms with Crippen LogP contribution in [0.5, 0.6) is 0 Å². The van der Waals surface area contributed by atoms with Gasteiger partial charge < -0.3 is 4.98 Å². The van der Waals surface area contributed by atoms with Crippen LogP contribution in [-0.4, -0.2) is 4.98 Å². The summed E-state index contributed by atoms with van der Waals surface area (Å²) in [7, 11) is 0. The molecular formula is C41H79NO. The van der Waals surface area contributed by atoms with Gasteiger partial charge in [-0.15, -0.1) is 0 Å². The first kappa shape index (κ1) is 42.0. The van der Waals surface area contributed by atoms with Crippen molar-refractivity contribution in [1.29, 1.82) is 0 Å². The number of unbranched alkanes of at least 4 members (excludes halogenated alkanes) is 30. The Hall–Kier alpha value is -1.05. The van der Waals surface area contributed by atoms with E-state index in [1.807, 2.05) is 12.1 Å². The smallest absolute Gasteiger partial charge is 0.251 e. The van der Waals surface area contributed by atoms with Crippen LogP contribution in [0.15, 0.2) is 23.1 Å². The molecule has 0 atom stereocenters. The van der Waals surface area contributed by atoms with Crippen molar-refractivity contribution in [3.8, 4) is 0 Å². The molecule has 2 heteroatoms. The van der Waals surface area contributed by atoms with E-state index in [4.69, 9.17) is 0 Å². The van der Waals surface area contributed by atoms with Crippen molar-refractivity contribution < 1.29 is 0 Å². The summed E-state index contributed by atoms with van der Waals surface area (Å²) in [5.74, 6) is 0. The minimum absolute atomic E-state index is 0.0865. The zero-order chi connectivity index (χ0) is 31.3. The Balaban J connectivity index is 0.000000869. The van der Waals surface area contributed by atoms with Gasteiger partial charge in [0.05, 0.1) is 0 Å². The maximum absolute atomic E-state index is 11.6. The molecule has 0 saturated heterocycles. The summed E-state index contributed by atoms with van der Waals surface area (Å²) in [5.41, 5.74) is 1.02. The molecule has 0 aliphatic carbocycles. The van der Waals surface area contributed by atoms with Gasteiger partial charge in [0.25, 0.3) is 5.56 Å². The van der Waals surface area contributed by atoms with Gasteiger partial charge in [0.1, 0.15) is 0 Å². The quantitative estimate of drug-likeness (QED) is 0.0819. The van der Waals surface area contributed by atoms with Crippen LogP contribution < -0.4 is 5.56 Å². The van der Waals surface area contributed by atoms with E-state index in [-0.39, 0.29) is 5.56 Å². The lowest BCUT2D eigenvalue weighted by molar-refractivity contribution is 0.529. The molecule has 0 amide bonds. The van der Waals surface area contributed by atoms with Gasteiger partial charge in [0, 0.05) is 11.8 Å². The first-order chi connectivity index (χ1) is 21.3. The monoisotopic (exact) mass is 602 g/mol. The first-order valence-electron chi connectivity index (χ1n) is 19.9. The molecule has 0 aromatic carbocycles. The molecule has 1 N–H and O–H groups in total. The van der Waals surface area contributed by atoms with Gasteiger partial charge in [0.2, 0.25) is 0 Å². The Labute approximate surface area is 271 Å². The molecule has 0 bridgehead atoms. The van der Waals surface area contributed by atoms with Gasteiger partial charge in [-0.3, -0.25) is 4.79 Å². The summed E-state index contributed by atoms with van der Waals surface area (Å²) in [4.78, 5) is 14.3.